The molecule has 2 saturated heterocycles. The highest BCUT2D eigenvalue weighted by Crippen LogP contribution is 2.20. The Morgan fingerprint density at radius 1 is 1.32 bits per heavy atom. The van der Waals surface area contributed by atoms with Gasteiger partial charge in [-0.1, -0.05) is 6.42 Å². The highest BCUT2D eigenvalue weighted by atomic mass is 16.3. The monoisotopic (exact) mass is 347 g/mol. The molecule has 1 aromatic rings. The quantitative estimate of drug-likeness (QED) is 0.618. The van der Waals surface area contributed by atoms with Crippen LogP contribution in [0.15, 0.2) is 21.5 Å². The fourth-order valence-corrected chi connectivity index (χ4v) is 3.78. The zero-order valence-electron chi connectivity index (χ0n) is 15.0. The van der Waals surface area contributed by atoms with E-state index >= 15 is 0 Å². The van der Waals surface area contributed by atoms with Crippen LogP contribution in [0.5, 0.6) is 0 Å². The van der Waals surface area contributed by atoms with E-state index in [1.165, 1.54) is 45.3 Å². The van der Waals surface area contributed by atoms with Crippen molar-refractivity contribution in [1.82, 2.24) is 15.1 Å². The van der Waals surface area contributed by atoms with Crippen molar-refractivity contribution in [3.8, 4) is 0 Å². The normalized spacial score (nSPS) is 22.4. The highest BCUT2D eigenvalue weighted by molar-refractivity contribution is 5.89. The first-order chi connectivity index (χ1) is 12.2. The molecule has 1 amide bonds. The number of carbonyl (C=O) groups is 1. The number of aliphatic imine (C=N–C) groups is 1. The number of piperidine rings is 1. The lowest BCUT2D eigenvalue weighted by molar-refractivity contribution is 0.0972. The van der Waals surface area contributed by atoms with Gasteiger partial charge >= 0.3 is 0 Å². The molecule has 3 N–H and O–H groups in total. The minimum Gasteiger partial charge on any atom is -0.454 e. The van der Waals surface area contributed by atoms with Crippen molar-refractivity contribution in [2.75, 3.05) is 39.8 Å². The Bertz CT molecular complexity index is 606. The van der Waals surface area contributed by atoms with Gasteiger partial charge in [0.15, 0.2) is 11.7 Å². The van der Waals surface area contributed by atoms with Crippen LogP contribution >= 0.6 is 0 Å². The van der Waals surface area contributed by atoms with E-state index in [4.69, 9.17) is 10.2 Å². The van der Waals surface area contributed by atoms with Crippen LogP contribution in [0, 0.1) is 5.92 Å². The SMILES string of the molecule is CN=C(NCc1ccc(C(N)=O)o1)N1CCC(CN2CCCCC2)C1. The summed E-state index contributed by atoms with van der Waals surface area (Å²) in [4.78, 5) is 20.4. The molecule has 3 rings (SSSR count). The molecule has 2 aliphatic rings. The van der Waals surface area contributed by atoms with Crippen LogP contribution in [-0.4, -0.2) is 61.4 Å². The van der Waals surface area contributed by atoms with Crippen LogP contribution < -0.4 is 11.1 Å². The number of primary amides is 1. The summed E-state index contributed by atoms with van der Waals surface area (Å²) >= 11 is 0. The van der Waals surface area contributed by atoms with Gasteiger partial charge in [0.2, 0.25) is 0 Å². The Morgan fingerprint density at radius 3 is 2.80 bits per heavy atom. The van der Waals surface area contributed by atoms with Gasteiger partial charge in [0.05, 0.1) is 6.54 Å². The zero-order chi connectivity index (χ0) is 17.6. The van der Waals surface area contributed by atoms with Gasteiger partial charge in [-0.25, -0.2) is 0 Å². The predicted octanol–water partition coefficient (Wildman–Crippen LogP) is 1.26. The van der Waals surface area contributed by atoms with E-state index in [0.717, 1.165) is 19.0 Å². The van der Waals surface area contributed by atoms with E-state index < -0.39 is 5.91 Å². The number of carbonyl (C=O) groups excluding carboxylic acids is 1. The lowest BCUT2D eigenvalue weighted by atomic mass is 10.1. The molecule has 0 saturated carbocycles. The number of hydrogen-bond acceptors (Lipinski definition) is 4. The first-order valence-corrected chi connectivity index (χ1v) is 9.22. The molecule has 0 radical (unpaired) electrons. The lowest BCUT2D eigenvalue weighted by Crippen LogP contribution is -2.41. The van der Waals surface area contributed by atoms with E-state index in [0.29, 0.717) is 18.2 Å². The van der Waals surface area contributed by atoms with Gasteiger partial charge in [-0.15, -0.1) is 0 Å². The van der Waals surface area contributed by atoms with E-state index in [-0.39, 0.29) is 5.76 Å². The fourth-order valence-electron chi connectivity index (χ4n) is 3.78. The van der Waals surface area contributed by atoms with Crippen molar-refractivity contribution < 1.29 is 9.21 Å². The largest absolute Gasteiger partial charge is 0.454 e. The van der Waals surface area contributed by atoms with E-state index in [2.05, 4.69) is 20.1 Å². The van der Waals surface area contributed by atoms with Gasteiger partial charge in [0.25, 0.3) is 5.91 Å². The Morgan fingerprint density at radius 2 is 2.12 bits per heavy atom. The lowest BCUT2D eigenvalue weighted by Gasteiger charge is -2.29. The van der Waals surface area contributed by atoms with E-state index in [1.54, 1.807) is 19.2 Å². The van der Waals surface area contributed by atoms with Gasteiger partial charge in [-0.05, 0) is 50.4 Å². The molecule has 1 atom stereocenters. The Balaban J connectivity index is 1.47. The summed E-state index contributed by atoms with van der Waals surface area (Å²) in [5.74, 6) is 1.92. The van der Waals surface area contributed by atoms with Crippen LogP contribution in [0.4, 0.5) is 0 Å². The maximum Gasteiger partial charge on any atom is 0.284 e. The fraction of sp³-hybridized carbons (Fsp3) is 0.667. The summed E-state index contributed by atoms with van der Waals surface area (Å²) in [6, 6.07) is 3.37. The standard InChI is InChI=1S/C18H29N5O2/c1-20-18(21-11-15-5-6-16(25-15)17(19)24)23-10-7-14(13-23)12-22-8-3-2-4-9-22/h5-6,14H,2-4,7-13H2,1H3,(H2,19,24)(H,20,21). The molecule has 0 spiro atoms. The number of guanidine groups is 1. The molecule has 0 bridgehead atoms. The van der Waals surface area contributed by atoms with E-state index in [9.17, 15) is 4.79 Å². The summed E-state index contributed by atoms with van der Waals surface area (Å²) in [7, 11) is 1.80. The number of likely N-dealkylation sites (tertiary alicyclic amines) is 2. The molecule has 3 heterocycles. The molecule has 2 fully saturated rings. The summed E-state index contributed by atoms with van der Waals surface area (Å²) in [6.45, 7) is 6.28. The van der Waals surface area contributed by atoms with Crippen molar-refractivity contribution in [1.29, 1.82) is 0 Å². The van der Waals surface area contributed by atoms with Crippen LogP contribution in [0.3, 0.4) is 0 Å². The molecule has 1 unspecified atom stereocenters. The number of nitrogens with two attached hydrogens (primary N) is 1. The second-order valence-corrected chi connectivity index (χ2v) is 6.99. The van der Waals surface area contributed by atoms with Crippen LogP contribution in [0.25, 0.3) is 0 Å². The van der Waals surface area contributed by atoms with Crippen molar-refractivity contribution in [2.45, 2.75) is 32.2 Å². The van der Waals surface area contributed by atoms with Gasteiger partial charge in [0.1, 0.15) is 5.76 Å². The Hall–Kier alpha value is -2.02. The number of rotatable bonds is 5. The molecule has 0 aliphatic carbocycles. The molecular formula is C18H29N5O2. The maximum atomic E-state index is 11.1. The molecule has 7 nitrogen and oxygen atoms in total. The second-order valence-electron chi connectivity index (χ2n) is 6.99. The van der Waals surface area contributed by atoms with Gasteiger partial charge in [-0.3, -0.25) is 9.79 Å². The topological polar surface area (TPSA) is 87.1 Å². The van der Waals surface area contributed by atoms with Crippen molar-refractivity contribution in [2.24, 2.45) is 16.6 Å². The second kappa shape index (κ2) is 8.38. The van der Waals surface area contributed by atoms with Crippen molar-refractivity contribution >= 4 is 11.9 Å². The number of amides is 1. The highest BCUT2D eigenvalue weighted by Gasteiger charge is 2.27. The summed E-state index contributed by atoms with van der Waals surface area (Å²) in [5, 5.41) is 3.32. The zero-order valence-corrected chi connectivity index (χ0v) is 15.0. The molecule has 7 heteroatoms. The third-order valence-corrected chi connectivity index (χ3v) is 5.09. The molecule has 138 valence electrons. The predicted molar refractivity (Wildman–Crippen MR) is 97.4 cm³/mol. The molecule has 1 aromatic heterocycles. The molecule has 2 aliphatic heterocycles. The number of hydrogen-bond donors (Lipinski definition) is 2. The van der Waals surface area contributed by atoms with Crippen LogP contribution in [0.2, 0.25) is 0 Å². The van der Waals surface area contributed by atoms with Crippen molar-refractivity contribution in [3.63, 3.8) is 0 Å². The Kier molecular flexibility index (Phi) is 5.96. The summed E-state index contributed by atoms with van der Waals surface area (Å²) in [6.07, 6.45) is 5.28. The molecule has 25 heavy (non-hydrogen) atoms. The average Bonchev–Trinajstić information content (AvgIpc) is 3.26. The number of furan rings is 1. The van der Waals surface area contributed by atoms with Crippen molar-refractivity contribution in [3.05, 3.63) is 23.7 Å². The maximum absolute atomic E-state index is 11.1. The minimum atomic E-state index is -0.546. The molecule has 0 aromatic carbocycles. The van der Waals surface area contributed by atoms with E-state index in [1.807, 2.05) is 0 Å². The third-order valence-electron chi connectivity index (χ3n) is 5.09. The summed E-state index contributed by atoms with van der Waals surface area (Å²) < 4.78 is 5.41. The Labute approximate surface area is 149 Å². The number of nitrogens with zero attached hydrogens (tertiary/aromatic N) is 3. The minimum absolute atomic E-state index is 0.189. The summed E-state index contributed by atoms with van der Waals surface area (Å²) in [5.41, 5.74) is 5.21. The molecular weight excluding hydrogens is 318 g/mol. The van der Waals surface area contributed by atoms with Gasteiger partial charge in [0, 0.05) is 26.7 Å². The first kappa shape index (κ1) is 17.8. The first-order valence-electron chi connectivity index (χ1n) is 9.22. The van der Waals surface area contributed by atoms with Gasteiger partial charge in [-0.2, -0.15) is 0 Å². The van der Waals surface area contributed by atoms with Crippen LogP contribution in [-0.2, 0) is 6.54 Å². The smallest absolute Gasteiger partial charge is 0.284 e. The third kappa shape index (κ3) is 4.75. The van der Waals surface area contributed by atoms with Crippen LogP contribution in [0.1, 0.15) is 42.0 Å². The van der Waals surface area contributed by atoms with Gasteiger partial charge < -0.3 is 25.3 Å². The average molecular weight is 347 g/mol. The number of nitrogens with one attached hydrogen (secondary N) is 1.